The van der Waals surface area contributed by atoms with Crippen LogP contribution in [0.15, 0.2) is 6.07 Å². The van der Waals surface area contributed by atoms with Crippen molar-refractivity contribution >= 4 is 5.82 Å². The molecule has 1 aromatic heterocycles. The molecule has 0 aliphatic heterocycles. The number of hydrogen-bond donors (Lipinski definition) is 1. The monoisotopic (exact) mass is 196 g/mol. The average molecular weight is 196 g/mol. The Balaban J connectivity index is 2.28. The Labute approximate surface area is 85.7 Å². The molecule has 4 heteroatoms. The van der Waals surface area contributed by atoms with Gasteiger partial charge in [-0.3, -0.25) is 4.68 Å². The van der Waals surface area contributed by atoms with Gasteiger partial charge in [-0.15, -0.1) is 0 Å². The molecule has 0 saturated carbocycles. The second kappa shape index (κ2) is 5.00. The fourth-order valence-corrected chi connectivity index (χ4v) is 1.45. The van der Waals surface area contributed by atoms with Gasteiger partial charge in [-0.1, -0.05) is 0 Å². The maximum absolute atomic E-state index is 5.59. The molecule has 1 aromatic rings. The molecule has 0 aromatic carbocycles. The molecule has 0 radical (unpaired) electrons. The van der Waals surface area contributed by atoms with Crippen LogP contribution in [0.25, 0.3) is 0 Å². The molecule has 0 unspecified atom stereocenters. The van der Waals surface area contributed by atoms with Crippen LogP contribution in [0.3, 0.4) is 0 Å². The number of hydrogen-bond acceptors (Lipinski definition) is 3. The average Bonchev–Trinajstić information content (AvgIpc) is 2.39. The van der Waals surface area contributed by atoms with Crippen LogP contribution in [0.2, 0.25) is 0 Å². The molecular weight excluding hydrogens is 176 g/mol. The van der Waals surface area contributed by atoms with Gasteiger partial charge in [-0.05, 0) is 40.4 Å². The highest BCUT2D eigenvalue weighted by Gasteiger charge is 2.00. The van der Waals surface area contributed by atoms with Gasteiger partial charge in [0.25, 0.3) is 0 Å². The van der Waals surface area contributed by atoms with Crippen molar-refractivity contribution < 1.29 is 0 Å². The van der Waals surface area contributed by atoms with E-state index in [0.29, 0.717) is 5.82 Å². The van der Waals surface area contributed by atoms with E-state index in [1.54, 1.807) is 0 Å². The lowest BCUT2D eigenvalue weighted by atomic mass is 10.3. The summed E-state index contributed by atoms with van der Waals surface area (Å²) in [6.07, 6.45) is 2.35. The molecule has 4 nitrogen and oxygen atoms in total. The lowest BCUT2D eigenvalue weighted by molar-refractivity contribution is 0.384. The Kier molecular flexibility index (Phi) is 3.95. The predicted octanol–water partition coefficient (Wildman–Crippen LogP) is 1.12. The summed E-state index contributed by atoms with van der Waals surface area (Å²) in [7, 11) is 4.19. The summed E-state index contributed by atoms with van der Waals surface area (Å²) >= 11 is 0. The summed E-state index contributed by atoms with van der Waals surface area (Å²) in [6.45, 7) is 4.14. The number of nitrogens with zero attached hydrogens (tertiary/aromatic N) is 3. The van der Waals surface area contributed by atoms with Gasteiger partial charge in [0.15, 0.2) is 0 Å². The van der Waals surface area contributed by atoms with E-state index in [-0.39, 0.29) is 0 Å². The number of anilines is 1. The van der Waals surface area contributed by atoms with E-state index in [9.17, 15) is 0 Å². The van der Waals surface area contributed by atoms with Crippen LogP contribution < -0.4 is 5.73 Å². The highest BCUT2D eigenvalue weighted by Crippen LogP contribution is 2.05. The molecule has 0 saturated heterocycles. The van der Waals surface area contributed by atoms with E-state index < -0.39 is 0 Å². The third-order valence-electron chi connectivity index (χ3n) is 2.23. The van der Waals surface area contributed by atoms with Crippen molar-refractivity contribution in [3.8, 4) is 0 Å². The van der Waals surface area contributed by atoms with E-state index in [4.69, 9.17) is 5.73 Å². The molecule has 0 fully saturated rings. The highest BCUT2D eigenvalue weighted by molar-refractivity contribution is 5.28. The van der Waals surface area contributed by atoms with Crippen molar-refractivity contribution in [2.45, 2.75) is 26.3 Å². The van der Waals surface area contributed by atoms with E-state index in [1.807, 2.05) is 17.7 Å². The second-order valence-electron chi connectivity index (χ2n) is 3.94. The van der Waals surface area contributed by atoms with Crippen LogP contribution in [-0.2, 0) is 6.54 Å². The largest absolute Gasteiger partial charge is 0.382 e. The van der Waals surface area contributed by atoms with Crippen molar-refractivity contribution in [1.29, 1.82) is 0 Å². The van der Waals surface area contributed by atoms with E-state index in [0.717, 1.165) is 25.2 Å². The number of nitrogen functional groups attached to an aromatic ring is 1. The first-order valence-electron chi connectivity index (χ1n) is 5.04. The van der Waals surface area contributed by atoms with Crippen LogP contribution in [0, 0.1) is 6.92 Å². The SMILES string of the molecule is Cc1cc(N)nn1CCCCN(C)C. The number of aryl methyl sites for hydroxylation is 2. The summed E-state index contributed by atoms with van der Waals surface area (Å²) in [5.74, 6) is 0.620. The number of unbranched alkanes of at least 4 members (excludes halogenated alkanes) is 1. The van der Waals surface area contributed by atoms with Crippen LogP contribution in [0.4, 0.5) is 5.82 Å². The minimum Gasteiger partial charge on any atom is -0.382 e. The molecule has 0 aliphatic carbocycles. The number of rotatable bonds is 5. The zero-order valence-corrected chi connectivity index (χ0v) is 9.32. The third-order valence-corrected chi connectivity index (χ3v) is 2.23. The Morgan fingerprint density at radius 2 is 2.14 bits per heavy atom. The van der Waals surface area contributed by atoms with Crippen molar-refractivity contribution in [3.63, 3.8) is 0 Å². The lowest BCUT2D eigenvalue weighted by Crippen LogP contribution is -2.14. The fraction of sp³-hybridized carbons (Fsp3) is 0.700. The smallest absolute Gasteiger partial charge is 0.145 e. The zero-order valence-electron chi connectivity index (χ0n) is 9.32. The van der Waals surface area contributed by atoms with Gasteiger partial charge < -0.3 is 10.6 Å². The lowest BCUT2D eigenvalue weighted by Gasteiger charge is -2.09. The Morgan fingerprint density at radius 3 is 2.64 bits per heavy atom. The quantitative estimate of drug-likeness (QED) is 0.718. The minimum absolute atomic E-state index is 0.620. The second-order valence-corrected chi connectivity index (χ2v) is 3.94. The molecule has 1 rings (SSSR count). The minimum atomic E-state index is 0.620. The van der Waals surface area contributed by atoms with Crippen LogP contribution >= 0.6 is 0 Å². The summed E-state index contributed by atoms with van der Waals surface area (Å²) in [5.41, 5.74) is 6.74. The molecule has 2 N–H and O–H groups in total. The van der Waals surface area contributed by atoms with Crippen molar-refractivity contribution in [2.24, 2.45) is 0 Å². The van der Waals surface area contributed by atoms with Crippen LogP contribution in [-0.4, -0.2) is 35.3 Å². The fourth-order valence-electron chi connectivity index (χ4n) is 1.45. The molecule has 14 heavy (non-hydrogen) atoms. The first-order valence-corrected chi connectivity index (χ1v) is 5.04. The third kappa shape index (κ3) is 3.38. The molecule has 0 aliphatic rings. The topological polar surface area (TPSA) is 47.1 Å². The molecule has 0 spiro atoms. The first-order chi connectivity index (χ1) is 6.59. The molecule has 1 heterocycles. The highest BCUT2D eigenvalue weighted by atomic mass is 15.3. The van der Waals surface area contributed by atoms with Crippen LogP contribution in [0.1, 0.15) is 18.5 Å². The maximum atomic E-state index is 5.59. The van der Waals surface area contributed by atoms with Gasteiger partial charge in [-0.25, -0.2) is 0 Å². The standard InChI is InChI=1S/C10H20N4/c1-9-8-10(11)12-14(9)7-5-4-6-13(2)3/h8H,4-7H2,1-3H3,(H2,11,12). The van der Waals surface area contributed by atoms with Crippen molar-refractivity contribution in [1.82, 2.24) is 14.7 Å². The molecular formula is C10H20N4. The Bertz CT molecular complexity index is 278. The zero-order chi connectivity index (χ0) is 10.6. The van der Waals surface area contributed by atoms with Crippen molar-refractivity contribution in [2.75, 3.05) is 26.4 Å². The normalized spacial score (nSPS) is 11.1. The molecule has 0 bridgehead atoms. The Morgan fingerprint density at radius 1 is 1.43 bits per heavy atom. The predicted molar refractivity (Wildman–Crippen MR) is 59.2 cm³/mol. The van der Waals surface area contributed by atoms with Gasteiger partial charge in [0, 0.05) is 18.3 Å². The van der Waals surface area contributed by atoms with Crippen molar-refractivity contribution in [3.05, 3.63) is 11.8 Å². The van der Waals surface area contributed by atoms with Gasteiger partial charge in [0.2, 0.25) is 0 Å². The summed E-state index contributed by atoms with van der Waals surface area (Å²) in [6, 6.07) is 1.91. The van der Waals surface area contributed by atoms with E-state index in [2.05, 4.69) is 24.1 Å². The summed E-state index contributed by atoms with van der Waals surface area (Å²) in [4.78, 5) is 2.20. The number of aromatic nitrogens is 2. The van der Waals surface area contributed by atoms with Gasteiger partial charge in [0.1, 0.15) is 5.82 Å². The summed E-state index contributed by atoms with van der Waals surface area (Å²) < 4.78 is 1.98. The van der Waals surface area contributed by atoms with Crippen LogP contribution in [0.5, 0.6) is 0 Å². The van der Waals surface area contributed by atoms with Gasteiger partial charge >= 0.3 is 0 Å². The maximum Gasteiger partial charge on any atom is 0.145 e. The number of nitrogens with two attached hydrogens (primary N) is 1. The van der Waals surface area contributed by atoms with E-state index in [1.165, 1.54) is 6.42 Å². The summed E-state index contributed by atoms with van der Waals surface area (Å²) in [5, 5.41) is 4.21. The molecule has 0 atom stereocenters. The van der Waals surface area contributed by atoms with Gasteiger partial charge in [0.05, 0.1) is 0 Å². The first kappa shape index (κ1) is 11.0. The molecule has 80 valence electrons. The molecule has 0 amide bonds. The Hall–Kier alpha value is -1.03. The van der Waals surface area contributed by atoms with Gasteiger partial charge in [-0.2, -0.15) is 5.10 Å². The van der Waals surface area contributed by atoms with E-state index >= 15 is 0 Å².